The number of esters is 1. The molecular weight excluding hydrogens is 272 g/mol. The first-order valence-electron chi connectivity index (χ1n) is 5.05. The van der Waals surface area contributed by atoms with Crippen molar-refractivity contribution in [3.63, 3.8) is 0 Å². The van der Waals surface area contributed by atoms with Crippen LogP contribution < -0.4 is 4.74 Å². The molecule has 0 aliphatic heterocycles. The third-order valence-corrected chi connectivity index (χ3v) is 2.44. The Bertz CT molecular complexity index is 375. The van der Waals surface area contributed by atoms with Gasteiger partial charge in [0.2, 0.25) is 0 Å². The summed E-state index contributed by atoms with van der Waals surface area (Å²) in [7, 11) is 1.38. The van der Waals surface area contributed by atoms with Crippen LogP contribution in [0.1, 0.15) is 19.4 Å². The van der Waals surface area contributed by atoms with Crippen LogP contribution in [-0.2, 0) is 16.0 Å². The third-order valence-electron chi connectivity index (χ3n) is 1.95. The van der Waals surface area contributed by atoms with Gasteiger partial charge in [0, 0.05) is 10.0 Å². The average molecular weight is 287 g/mol. The van der Waals surface area contributed by atoms with Crippen LogP contribution in [0.5, 0.6) is 5.75 Å². The Morgan fingerprint density at radius 3 is 2.69 bits per heavy atom. The maximum absolute atomic E-state index is 11.2. The Kier molecular flexibility index (Phi) is 4.80. The molecule has 0 saturated carbocycles. The van der Waals surface area contributed by atoms with E-state index in [4.69, 9.17) is 4.74 Å². The summed E-state index contributed by atoms with van der Waals surface area (Å²) in [6.45, 7) is 3.90. The first-order chi connectivity index (χ1) is 7.52. The van der Waals surface area contributed by atoms with E-state index in [9.17, 15) is 4.79 Å². The van der Waals surface area contributed by atoms with Crippen molar-refractivity contribution < 1.29 is 14.3 Å². The fourth-order valence-corrected chi connectivity index (χ4v) is 1.69. The lowest BCUT2D eigenvalue weighted by Gasteiger charge is -2.14. The second-order valence-electron chi connectivity index (χ2n) is 3.67. The minimum Gasteiger partial charge on any atom is -0.491 e. The van der Waals surface area contributed by atoms with Crippen LogP contribution in [0.25, 0.3) is 0 Å². The minimum atomic E-state index is -0.272. The number of methoxy groups -OCH3 is 1. The molecule has 0 radical (unpaired) electrons. The van der Waals surface area contributed by atoms with E-state index < -0.39 is 0 Å². The summed E-state index contributed by atoms with van der Waals surface area (Å²) in [6, 6.07) is 5.61. The van der Waals surface area contributed by atoms with Crippen molar-refractivity contribution in [3.8, 4) is 5.75 Å². The predicted octanol–water partition coefficient (Wildman–Crippen LogP) is 2.95. The van der Waals surface area contributed by atoms with Crippen LogP contribution in [-0.4, -0.2) is 19.2 Å². The highest BCUT2D eigenvalue weighted by Crippen LogP contribution is 2.24. The lowest BCUT2D eigenvalue weighted by molar-refractivity contribution is -0.139. The van der Waals surface area contributed by atoms with Gasteiger partial charge in [-0.3, -0.25) is 4.79 Å². The largest absolute Gasteiger partial charge is 0.491 e. The summed E-state index contributed by atoms with van der Waals surface area (Å²) in [5.74, 6) is 0.454. The Labute approximate surface area is 104 Å². The monoisotopic (exact) mass is 286 g/mol. The predicted molar refractivity (Wildman–Crippen MR) is 65.6 cm³/mol. The van der Waals surface area contributed by atoms with Crippen LogP contribution in [0.3, 0.4) is 0 Å². The highest BCUT2D eigenvalue weighted by Gasteiger charge is 2.11. The molecular formula is C12H15BrO3. The first kappa shape index (κ1) is 13.0. The third kappa shape index (κ3) is 3.85. The van der Waals surface area contributed by atoms with E-state index in [-0.39, 0.29) is 18.5 Å². The van der Waals surface area contributed by atoms with Gasteiger partial charge in [0.1, 0.15) is 5.75 Å². The van der Waals surface area contributed by atoms with E-state index in [1.54, 1.807) is 0 Å². The zero-order valence-corrected chi connectivity index (χ0v) is 11.2. The molecule has 1 rings (SSSR count). The van der Waals surface area contributed by atoms with E-state index in [0.29, 0.717) is 0 Å². The summed E-state index contributed by atoms with van der Waals surface area (Å²) in [5.41, 5.74) is 0.829. The molecule has 0 bridgehead atoms. The van der Waals surface area contributed by atoms with Gasteiger partial charge in [-0.25, -0.2) is 0 Å². The Hall–Kier alpha value is -1.03. The summed E-state index contributed by atoms with van der Waals surface area (Å²) in [4.78, 5) is 11.2. The molecule has 4 heteroatoms. The molecule has 0 N–H and O–H groups in total. The molecule has 0 amide bonds. The summed E-state index contributed by atoms with van der Waals surface area (Å²) < 4.78 is 11.2. The molecule has 0 aromatic heterocycles. The van der Waals surface area contributed by atoms with Crippen LogP contribution in [0, 0.1) is 0 Å². The highest BCUT2D eigenvalue weighted by molar-refractivity contribution is 9.10. The van der Waals surface area contributed by atoms with Gasteiger partial charge in [-0.2, -0.15) is 0 Å². The summed E-state index contributed by atoms with van der Waals surface area (Å²) in [5, 5.41) is 0. The lowest BCUT2D eigenvalue weighted by atomic mass is 10.1. The van der Waals surface area contributed by atoms with E-state index in [0.717, 1.165) is 15.8 Å². The topological polar surface area (TPSA) is 35.5 Å². The number of hydrogen-bond donors (Lipinski definition) is 0. The molecule has 88 valence electrons. The van der Waals surface area contributed by atoms with Crippen molar-refractivity contribution in [2.75, 3.05) is 7.11 Å². The molecule has 0 aliphatic carbocycles. The SMILES string of the molecule is COC(=O)Cc1cc(Br)ccc1OC(C)C. The number of hydrogen-bond acceptors (Lipinski definition) is 3. The lowest BCUT2D eigenvalue weighted by Crippen LogP contribution is -2.10. The maximum atomic E-state index is 11.2. The van der Waals surface area contributed by atoms with Gasteiger partial charge >= 0.3 is 5.97 Å². The second kappa shape index (κ2) is 5.89. The quantitative estimate of drug-likeness (QED) is 0.799. The van der Waals surface area contributed by atoms with E-state index in [1.807, 2.05) is 32.0 Å². The number of ether oxygens (including phenoxy) is 2. The molecule has 1 aromatic carbocycles. The van der Waals surface area contributed by atoms with Gasteiger partial charge in [0.05, 0.1) is 19.6 Å². The number of carbonyl (C=O) groups is 1. The highest BCUT2D eigenvalue weighted by atomic mass is 79.9. The fraction of sp³-hybridized carbons (Fsp3) is 0.417. The summed E-state index contributed by atoms with van der Waals surface area (Å²) >= 11 is 3.37. The molecule has 0 heterocycles. The molecule has 0 aliphatic rings. The van der Waals surface area contributed by atoms with Crippen LogP contribution >= 0.6 is 15.9 Å². The zero-order chi connectivity index (χ0) is 12.1. The number of carbonyl (C=O) groups excluding carboxylic acids is 1. The maximum Gasteiger partial charge on any atom is 0.310 e. The Balaban J connectivity index is 2.93. The van der Waals surface area contributed by atoms with Gasteiger partial charge in [-0.1, -0.05) is 15.9 Å². The smallest absolute Gasteiger partial charge is 0.310 e. The number of benzene rings is 1. The van der Waals surface area contributed by atoms with Crippen LogP contribution in [0.4, 0.5) is 0 Å². The van der Waals surface area contributed by atoms with E-state index in [1.165, 1.54) is 7.11 Å². The fourth-order valence-electron chi connectivity index (χ4n) is 1.28. The van der Waals surface area contributed by atoms with Gasteiger partial charge in [0.25, 0.3) is 0 Å². The normalized spacial score (nSPS) is 10.3. The van der Waals surface area contributed by atoms with Gasteiger partial charge < -0.3 is 9.47 Å². The van der Waals surface area contributed by atoms with Crippen molar-refractivity contribution in [1.29, 1.82) is 0 Å². The molecule has 0 fully saturated rings. The standard InChI is InChI=1S/C12H15BrO3/c1-8(2)16-11-5-4-10(13)6-9(11)7-12(14)15-3/h4-6,8H,7H2,1-3H3. The number of halogens is 1. The molecule has 0 spiro atoms. The van der Waals surface area contributed by atoms with Crippen molar-refractivity contribution >= 4 is 21.9 Å². The van der Waals surface area contributed by atoms with Gasteiger partial charge in [0.15, 0.2) is 0 Å². The van der Waals surface area contributed by atoms with Gasteiger partial charge in [-0.05, 0) is 32.0 Å². The Morgan fingerprint density at radius 2 is 2.12 bits per heavy atom. The molecule has 0 saturated heterocycles. The van der Waals surface area contributed by atoms with E-state index >= 15 is 0 Å². The van der Waals surface area contributed by atoms with Crippen molar-refractivity contribution in [1.82, 2.24) is 0 Å². The van der Waals surface area contributed by atoms with Crippen molar-refractivity contribution in [2.45, 2.75) is 26.4 Å². The van der Waals surface area contributed by atoms with Crippen molar-refractivity contribution in [3.05, 3.63) is 28.2 Å². The molecule has 1 aromatic rings. The van der Waals surface area contributed by atoms with Crippen LogP contribution in [0.15, 0.2) is 22.7 Å². The number of rotatable bonds is 4. The summed E-state index contributed by atoms with van der Waals surface area (Å²) in [6.07, 6.45) is 0.301. The molecule has 0 unspecified atom stereocenters. The second-order valence-corrected chi connectivity index (χ2v) is 4.59. The Morgan fingerprint density at radius 1 is 1.44 bits per heavy atom. The molecule has 3 nitrogen and oxygen atoms in total. The molecule has 16 heavy (non-hydrogen) atoms. The average Bonchev–Trinajstić information content (AvgIpc) is 2.21. The van der Waals surface area contributed by atoms with Crippen molar-refractivity contribution in [2.24, 2.45) is 0 Å². The van der Waals surface area contributed by atoms with Crippen LogP contribution in [0.2, 0.25) is 0 Å². The first-order valence-corrected chi connectivity index (χ1v) is 5.84. The van der Waals surface area contributed by atoms with Gasteiger partial charge in [-0.15, -0.1) is 0 Å². The molecule has 0 atom stereocenters. The van der Waals surface area contributed by atoms with E-state index in [2.05, 4.69) is 20.7 Å². The minimum absolute atomic E-state index is 0.0811. The zero-order valence-electron chi connectivity index (χ0n) is 9.62.